The third-order valence-electron chi connectivity index (χ3n) is 2.24. The summed E-state index contributed by atoms with van der Waals surface area (Å²) in [6, 6.07) is 2.09. The Morgan fingerprint density at radius 2 is 2.41 bits per heavy atom. The quantitative estimate of drug-likeness (QED) is 0.498. The smallest absolute Gasteiger partial charge is 0.333 e. The first-order valence-electron chi connectivity index (χ1n) is 5.38. The number of carbonyl (C=O) groups is 1. The van der Waals surface area contributed by atoms with Gasteiger partial charge in [-0.15, -0.1) is 11.3 Å². The SMILES string of the molecule is CCC(=CCNCc1cc(Br)cs1)C(=O)OC. The molecule has 0 spiro atoms. The molecule has 0 aliphatic carbocycles. The van der Waals surface area contributed by atoms with E-state index in [0.717, 1.165) is 11.0 Å². The van der Waals surface area contributed by atoms with E-state index in [1.54, 1.807) is 11.3 Å². The number of halogens is 1. The number of nitrogens with one attached hydrogen (secondary N) is 1. The van der Waals surface area contributed by atoms with Crippen LogP contribution in [0.4, 0.5) is 0 Å². The maximum Gasteiger partial charge on any atom is 0.333 e. The van der Waals surface area contributed by atoms with E-state index in [4.69, 9.17) is 0 Å². The van der Waals surface area contributed by atoms with Gasteiger partial charge in [0.2, 0.25) is 0 Å². The summed E-state index contributed by atoms with van der Waals surface area (Å²) < 4.78 is 5.79. The lowest BCUT2D eigenvalue weighted by Crippen LogP contribution is -2.14. The van der Waals surface area contributed by atoms with Gasteiger partial charge in [-0.2, -0.15) is 0 Å². The molecule has 0 atom stereocenters. The fourth-order valence-corrected chi connectivity index (χ4v) is 2.76. The summed E-state index contributed by atoms with van der Waals surface area (Å²) in [5.74, 6) is -0.242. The summed E-state index contributed by atoms with van der Waals surface area (Å²) in [6.07, 6.45) is 2.58. The van der Waals surface area contributed by atoms with Crippen molar-refractivity contribution in [3.05, 3.63) is 32.4 Å². The van der Waals surface area contributed by atoms with E-state index in [9.17, 15) is 4.79 Å². The number of carbonyl (C=O) groups excluding carboxylic acids is 1. The van der Waals surface area contributed by atoms with Gasteiger partial charge in [-0.1, -0.05) is 13.0 Å². The molecule has 0 radical (unpaired) electrons. The van der Waals surface area contributed by atoms with Gasteiger partial charge in [0.25, 0.3) is 0 Å². The molecule has 5 heteroatoms. The highest BCUT2D eigenvalue weighted by molar-refractivity contribution is 9.10. The molecule has 1 heterocycles. The molecule has 0 amide bonds. The predicted molar refractivity (Wildman–Crippen MR) is 74.1 cm³/mol. The van der Waals surface area contributed by atoms with Gasteiger partial charge in [-0.05, 0) is 28.4 Å². The third-order valence-corrected chi connectivity index (χ3v) is 3.94. The Morgan fingerprint density at radius 1 is 1.65 bits per heavy atom. The molecule has 0 saturated heterocycles. The Hall–Kier alpha value is -0.650. The number of hydrogen-bond acceptors (Lipinski definition) is 4. The molecule has 0 fully saturated rings. The molecule has 94 valence electrons. The molecule has 0 bridgehead atoms. The summed E-state index contributed by atoms with van der Waals surface area (Å²) in [4.78, 5) is 12.6. The van der Waals surface area contributed by atoms with Crippen molar-refractivity contribution in [3.63, 3.8) is 0 Å². The zero-order valence-corrected chi connectivity index (χ0v) is 12.4. The molecule has 0 aliphatic heterocycles. The summed E-state index contributed by atoms with van der Waals surface area (Å²) in [5.41, 5.74) is 0.715. The first-order chi connectivity index (χ1) is 8.17. The van der Waals surface area contributed by atoms with E-state index in [2.05, 4.69) is 37.4 Å². The van der Waals surface area contributed by atoms with Gasteiger partial charge in [0, 0.05) is 33.4 Å². The molecular weight excluding hydrogens is 302 g/mol. The normalized spacial score (nSPS) is 11.6. The molecule has 1 N–H and O–H groups in total. The van der Waals surface area contributed by atoms with Crippen LogP contribution in [0.1, 0.15) is 18.2 Å². The van der Waals surface area contributed by atoms with E-state index < -0.39 is 0 Å². The van der Waals surface area contributed by atoms with Crippen molar-refractivity contribution in [1.29, 1.82) is 0 Å². The molecule has 1 aromatic heterocycles. The van der Waals surface area contributed by atoms with Gasteiger partial charge < -0.3 is 10.1 Å². The van der Waals surface area contributed by atoms with E-state index in [1.807, 2.05) is 13.0 Å². The van der Waals surface area contributed by atoms with Crippen LogP contribution in [0.3, 0.4) is 0 Å². The van der Waals surface area contributed by atoms with Crippen LogP contribution in [0.15, 0.2) is 27.6 Å². The molecule has 1 rings (SSSR count). The zero-order valence-electron chi connectivity index (χ0n) is 9.96. The van der Waals surface area contributed by atoms with Crippen LogP contribution in [0.5, 0.6) is 0 Å². The Balaban J connectivity index is 2.35. The van der Waals surface area contributed by atoms with E-state index in [-0.39, 0.29) is 5.97 Å². The molecule has 0 aromatic carbocycles. The van der Waals surface area contributed by atoms with Crippen LogP contribution in [0.25, 0.3) is 0 Å². The number of ether oxygens (including phenoxy) is 1. The van der Waals surface area contributed by atoms with Gasteiger partial charge in [-0.25, -0.2) is 4.79 Å². The minimum Gasteiger partial charge on any atom is -0.466 e. The molecule has 3 nitrogen and oxygen atoms in total. The lowest BCUT2D eigenvalue weighted by Gasteiger charge is -2.03. The number of methoxy groups -OCH3 is 1. The van der Waals surface area contributed by atoms with Gasteiger partial charge in [0.15, 0.2) is 0 Å². The molecule has 17 heavy (non-hydrogen) atoms. The van der Waals surface area contributed by atoms with Crippen LogP contribution in [0, 0.1) is 0 Å². The first kappa shape index (κ1) is 14.4. The zero-order chi connectivity index (χ0) is 12.7. The molecular formula is C12H16BrNO2S. The van der Waals surface area contributed by atoms with Crippen molar-refractivity contribution < 1.29 is 9.53 Å². The van der Waals surface area contributed by atoms with E-state index in [1.165, 1.54) is 12.0 Å². The van der Waals surface area contributed by atoms with Gasteiger partial charge in [0.05, 0.1) is 7.11 Å². The van der Waals surface area contributed by atoms with Crippen LogP contribution in [0.2, 0.25) is 0 Å². The lowest BCUT2D eigenvalue weighted by atomic mass is 10.2. The average molecular weight is 318 g/mol. The predicted octanol–water partition coefficient (Wildman–Crippen LogP) is 3.11. The van der Waals surface area contributed by atoms with Gasteiger partial charge in [0.1, 0.15) is 0 Å². The molecule has 1 aromatic rings. The maximum atomic E-state index is 11.3. The van der Waals surface area contributed by atoms with Crippen molar-refractivity contribution in [2.75, 3.05) is 13.7 Å². The highest BCUT2D eigenvalue weighted by Crippen LogP contribution is 2.19. The minimum atomic E-state index is -0.242. The highest BCUT2D eigenvalue weighted by Gasteiger charge is 2.05. The van der Waals surface area contributed by atoms with Crippen molar-refractivity contribution >= 4 is 33.2 Å². The second-order valence-corrected chi connectivity index (χ2v) is 5.35. The fourth-order valence-electron chi connectivity index (χ4n) is 1.34. The third kappa shape index (κ3) is 5.02. The molecule has 0 unspecified atom stereocenters. The van der Waals surface area contributed by atoms with Crippen LogP contribution >= 0.6 is 27.3 Å². The number of rotatable bonds is 6. The van der Waals surface area contributed by atoms with Gasteiger partial charge in [-0.3, -0.25) is 0 Å². The van der Waals surface area contributed by atoms with Gasteiger partial charge >= 0.3 is 5.97 Å². The van der Waals surface area contributed by atoms with Crippen LogP contribution in [-0.4, -0.2) is 19.6 Å². The summed E-state index contributed by atoms with van der Waals surface area (Å²) in [7, 11) is 1.41. The van der Waals surface area contributed by atoms with Crippen LogP contribution < -0.4 is 5.32 Å². The standard InChI is InChI=1S/C12H16BrNO2S/c1-3-9(12(15)16-2)4-5-14-7-11-6-10(13)8-17-11/h4,6,8,14H,3,5,7H2,1-2H3. The Bertz CT molecular complexity index is 401. The highest BCUT2D eigenvalue weighted by atomic mass is 79.9. The summed E-state index contributed by atoms with van der Waals surface area (Å²) in [5, 5.41) is 5.32. The topological polar surface area (TPSA) is 38.3 Å². The number of thiophene rings is 1. The number of esters is 1. The molecule has 0 saturated carbocycles. The summed E-state index contributed by atoms with van der Waals surface area (Å²) >= 11 is 5.12. The van der Waals surface area contributed by atoms with Crippen molar-refractivity contribution in [1.82, 2.24) is 5.32 Å². The largest absolute Gasteiger partial charge is 0.466 e. The Morgan fingerprint density at radius 3 is 2.94 bits per heavy atom. The van der Waals surface area contributed by atoms with E-state index in [0.29, 0.717) is 18.5 Å². The lowest BCUT2D eigenvalue weighted by molar-refractivity contribution is -0.136. The van der Waals surface area contributed by atoms with Crippen molar-refractivity contribution in [2.45, 2.75) is 19.9 Å². The second-order valence-electron chi connectivity index (χ2n) is 3.44. The maximum absolute atomic E-state index is 11.3. The number of hydrogen-bond donors (Lipinski definition) is 1. The van der Waals surface area contributed by atoms with E-state index >= 15 is 0 Å². The Kier molecular flexibility index (Phi) is 6.47. The monoisotopic (exact) mass is 317 g/mol. The second kappa shape index (κ2) is 7.63. The van der Waals surface area contributed by atoms with Crippen LogP contribution in [-0.2, 0) is 16.1 Å². The first-order valence-corrected chi connectivity index (χ1v) is 7.05. The fraction of sp³-hybridized carbons (Fsp3) is 0.417. The average Bonchev–Trinajstić information content (AvgIpc) is 2.74. The minimum absolute atomic E-state index is 0.242. The molecule has 0 aliphatic rings. The summed E-state index contributed by atoms with van der Waals surface area (Å²) in [6.45, 7) is 3.43. The van der Waals surface area contributed by atoms with Crippen molar-refractivity contribution in [3.8, 4) is 0 Å². The Labute approximate surface area is 114 Å². The van der Waals surface area contributed by atoms with Crippen molar-refractivity contribution in [2.24, 2.45) is 0 Å².